The molecule has 2 aromatic carbocycles. The van der Waals surface area contributed by atoms with E-state index in [0.29, 0.717) is 34.8 Å². The number of fused-ring (bicyclic) bond motifs is 2. The van der Waals surface area contributed by atoms with Crippen LogP contribution in [0.3, 0.4) is 0 Å². The number of nitrogens with one attached hydrogen (secondary N) is 4. The van der Waals surface area contributed by atoms with Crippen LogP contribution >= 0.6 is 0 Å². The molecule has 2 aromatic heterocycles. The minimum atomic E-state index is -1.04. The number of aldehydes is 1. The zero-order chi connectivity index (χ0) is 67.8. The van der Waals surface area contributed by atoms with Crippen LogP contribution in [0.4, 0.5) is 36.7 Å². The van der Waals surface area contributed by atoms with Crippen molar-refractivity contribution >= 4 is 58.8 Å². The Morgan fingerprint density at radius 3 is 1.25 bits per heavy atom. The molecule has 0 saturated carbocycles. The number of alkyl carbamates (subject to hydrolysis) is 4. The van der Waals surface area contributed by atoms with Crippen LogP contribution < -0.4 is 36.5 Å². The summed E-state index contributed by atoms with van der Waals surface area (Å²) in [6.07, 6.45) is 8.52. The number of halogens is 4. The van der Waals surface area contributed by atoms with Crippen molar-refractivity contribution < 1.29 is 93.4 Å². The second-order valence-corrected chi connectivity index (χ2v) is 22.6. The van der Waals surface area contributed by atoms with Gasteiger partial charge in [-0.05, 0) is 151 Å². The van der Waals surface area contributed by atoms with E-state index in [4.69, 9.17) is 48.1 Å². The molecule has 0 bridgehead atoms. The second kappa shape index (κ2) is 42.6. The third-order valence-corrected chi connectivity index (χ3v) is 9.60. The predicted molar refractivity (Wildman–Crippen MR) is 329 cm³/mol. The van der Waals surface area contributed by atoms with E-state index >= 15 is 0 Å². The lowest BCUT2D eigenvalue weighted by Crippen LogP contribution is -2.33. The first-order valence-electron chi connectivity index (χ1n) is 28.8. The van der Waals surface area contributed by atoms with E-state index in [1.807, 2.05) is 6.07 Å². The highest BCUT2D eigenvalue weighted by Gasteiger charge is 2.19. The molecule has 4 aromatic rings. The van der Waals surface area contributed by atoms with E-state index in [1.165, 1.54) is 12.2 Å². The SMILES string of the molecule is CC(C)(C)OC(=O)NC/C=C(/F)CO.CC(C)(C)OC(=O)NCC=O.CCCCc1nc2ccc(OC/C(F)=C\CN)cc2o1.CCCCc1nc2ccc(OC/C(F)=C\CNC(=O)OC(C)(C)C)cc2o1.CCOC(=O)/C(F)=C\CNC(=O)OC(C)(C)C. The molecule has 0 saturated heterocycles. The Morgan fingerprint density at radius 1 is 0.551 bits per heavy atom. The summed E-state index contributed by atoms with van der Waals surface area (Å²) in [5.74, 6) is -1.17. The lowest BCUT2D eigenvalue weighted by Gasteiger charge is -2.19. The Labute approximate surface area is 518 Å². The molecule has 0 spiro atoms. The first kappa shape index (κ1) is 80.8. The monoisotopic (exact) mass is 1270 g/mol. The van der Waals surface area contributed by atoms with Crippen molar-refractivity contribution in [1.82, 2.24) is 31.2 Å². The summed E-state index contributed by atoms with van der Waals surface area (Å²) in [6.45, 7) is 25.8. The van der Waals surface area contributed by atoms with Crippen molar-refractivity contribution in [2.45, 2.75) is 165 Å². The highest BCUT2D eigenvalue weighted by Crippen LogP contribution is 2.25. The Balaban J connectivity index is 0.00000113. The predicted octanol–water partition coefficient (Wildman–Crippen LogP) is 12.3. The molecule has 27 heteroatoms. The minimum absolute atomic E-state index is 0.00130. The van der Waals surface area contributed by atoms with Crippen molar-refractivity contribution in [2.24, 2.45) is 5.73 Å². The smallest absolute Gasteiger partial charge is 0.408 e. The number of ether oxygens (including phenoxy) is 7. The fourth-order valence-corrected chi connectivity index (χ4v) is 5.95. The van der Waals surface area contributed by atoms with Gasteiger partial charge in [-0.1, -0.05) is 26.7 Å². The van der Waals surface area contributed by atoms with Crippen LogP contribution in [-0.4, -0.2) is 133 Å². The number of rotatable bonds is 24. The minimum Gasteiger partial charge on any atom is -0.486 e. The number of unbranched alkanes of at least 4 members (excludes halogenated alkanes) is 2. The van der Waals surface area contributed by atoms with Gasteiger partial charge in [0.15, 0.2) is 22.9 Å². The van der Waals surface area contributed by atoms with E-state index in [9.17, 15) is 46.3 Å². The van der Waals surface area contributed by atoms with Crippen LogP contribution in [0, 0.1) is 0 Å². The Bertz CT molecular complexity index is 2900. The largest absolute Gasteiger partial charge is 0.486 e. The van der Waals surface area contributed by atoms with Crippen LogP contribution in [-0.2, 0) is 46.1 Å². The Morgan fingerprint density at radius 2 is 0.910 bits per heavy atom. The first-order valence-corrected chi connectivity index (χ1v) is 28.8. The number of nitrogens with zero attached hydrogens (tertiary/aromatic N) is 2. The molecule has 2 heterocycles. The maximum Gasteiger partial charge on any atom is 0.408 e. The number of esters is 1. The van der Waals surface area contributed by atoms with Gasteiger partial charge in [0.25, 0.3) is 0 Å². The summed E-state index contributed by atoms with van der Waals surface area (Å²) in [5.41, 5.74) is 5.77. The average Bonchev–Trinajstić information content (AvgIpc) is 4.28. The van der Waals surface area contributed by atoms with E-state index in [0.717, 1.165) is 67.6 Å². The normalized spacial score (nSPS) is 12.0. The highest BCUT2D eigenvalue weighted by atomic mass is 19.1. The fraction of sp³-hybridized carbons (Fsp3) is 0.548. The molecule has 0 fully saturated rings. The van der Waals surface area contributed by atoms with Crippen LogP contribution in [0.15, 0.2) is 92.8 Å². The molecule has 0 aliphatic rings. The third kappa shape index (κ3) is 43.2. The molecule has 500 valence electrons. The number of oxazole rings is 2. The number of nitrogens with two attached hydrogens (primary N) is 1. The summed E-state index contributed by atoms with van der Waals surface area (Å²) in [7, 11) is 0. The number of amides is 4. The number of aliphatic hydroxyl groups excluding tert-OH is 1. The van der Waals surface area contributed by atoms with Crippen molar-refractivity contribution in [3.05, 3.63) is 95.8 Å². The van der Waals surface area contributed by atoms with Crippen LogP contribution in [0.25, 0.3) is 22.2 Å². The van der Waals surface area contributed by atoms with Gasteiger partial charge in [-0.25, -0.2) is 47.1 Å². The number of carbonyl (C=O) groups is 6. The standard InChI is InChI=1S/C20H27FN2O4.C15H19FN2O2.C11H18FNO4.C9H16FNO3.C7H13NO3/c1-5-6-7-18-23-16-9-8-15(12-17(16)26-18)25-13-14(21)10-11-22-19(24)27-20(2,3)4;1-2-3-4-15-18-13-6-5-12(9-14(13)20-15)19-10-11(16)7-8-17;1-5-16-9(14)8(12)6-7-13-10(15)17-11(2,3)4;1-9(2,3)14-8(13)11-5-4-7(10)6-12;1-7(2,3)11-6(10)8-4-5-9/h8-10,12H,5-7,11,13H2,1-4H3,(H,22,24);5-7,9H,2-4,8,10,17H2,1H3;6H,5,7H2,1-4H3,(H,13,15);4,12H,5-6H2,1-3H3,(H,11,13);5H,4H2,1-3H3,(H,8,10)/b14-10+;11-7+;8-6+;7-4+;. The van der Waals surface area contributed by atoms with Gasteiger partial charge in [-0.2, -0.15) is 4.39 Å². The fourth-order valence-electron chi connectivity index (χ4n) is 5.95. The lowest BCUT2D eigenvalue weighted by atomic mass is 10.2. The second-order valence-electron chi connectivity index (χ2n) is 22.6. The van der Waals surface area contributed by atoms with E-state index < -0.39 is 76.8 Å². The zero-order valence-corrected chi connectivity index (χ0v) is 54.0. The van der Waals surface area contributed by atoms with Crippen molar-refractivity contribution in [3.8, 4) is 11.5 Å². The lowest BCUT2D eigenvalue weighted by molar-refractivity contribution is -0.140. The van der Waals surface area contributed by atoms with Gasteiger partial charge >= 0.3 is 30.3 Å². The van der Waals surface area contributed by atoms with Crippen molar-refractivity contribution in [3.63, 3.8) is 0 Å². The first-order chi connectivity index (χ1) is 41.5. The van der Waals surface area contributed by atoms with Crippen LogP contribution in [0.5, 0.6) is 11.5 Å². The average molecular weight is 1270 g/mol. The maximum absolute atomic E-state index is 13.8. The number of aromatic nitrogens is 2. The molecule has 7 N–H and O–H groups in total. The van der Waals surface area contributed by atoms with Crippen LogP contribution in [0.1, 0.15) is 141 Å². The molecular formula is C62H93F4N7O16. The number of aliphatic hydroxyl groups is 1. The van der Waals surface area contributed by atoms with E-state index in [-0.39, 0.29) is 58.4 Å². The summed E-state index contributed by atoms with van der Waals surface area (Å²) in [5, 5.41) is 17.6. The number of benzene rings is 2. The molecule has 0 radical (unpaired) electrons. The van der Waals surface area contributed by atoms with Gasteiger partial charge < -0.3 is 78.9 Å². The maximum atomic E-state index is 13.8. The Kier molecular flexibility index (Phi) is 38.7. The number of aryl methyl sites for hydroxylation is 2. The summed E-state index contributed by atoms with van der Waals surface area (Å²) in [6, 6.07) is 10.5. The number of hydrogen-bond acceptors (Lipinski definition) is 19. The number of carbonyl (C=O) groups excluding carboxylic acids is 6. The number of hydrogen-bond donors (Lipinski definition) is 6. The van der Waals surface area contributed by atoms with Gasteiger partial charge in [-0.3, -0.25) is 0 Å². The summed E-state index contributed by atoms with van der Waals surface area (Å²) >= 11 is 0. The van der Waals surface area contributed by atoms with E-state index in [2.05, 4.69) is 49.8 Å². The van der Waals surface area contributed by atoms with Gasteiger partial charge in [0.1, 0.15) is 81.9 Å². The van der Waals surface area contributed by atoms with E-state index in [1.54, 1.807) is 120 Å². The molecule has 23 nitrogen and oxygen atoms in total. The topological polar surface area (TPSA) is 313 Å². The quantitative estimate of drug-likeness (QED) is 0.0125. The molecule has 0 atom stereocenters. The highest BCUT2D eigenvalue weighted by molar-refractivity contribution is 5.86. The van der Waals surface area contributed by atoms with Gasteiger partial charge in [-0.15, -0.1) is 0 Å². The van der Waals surface area contributed by atoms with Crippen molar-refractivity contribution in [2.75, 3.05) is 59.2 Å². The Hall–Kier alpha value is -8.20. The zero-order valence-electron chi connectivity index (χ0n) is 54.0. The molecular weight excluding hydrogens is 1170 g/mol. The summed E-state index contributed by atoms with van der Waals surface area (Å²) < 4.78 is 98.5. The molecule has 0 unspecified atom stereocenters. The van der Waals surface area contributed by atoms with Gasteiger partial charge in [0, 0.05) is 51.2 Å². The van der Waals surface area contributed by atoms with Crippen LogP contribution in [0.2, 0.25) is 0 Å². The molecule has 0 aliphatic heterocycles. The van der Waals surface area contributed by atoms with Gasteiger partial charge in [0.2, 0.25) is 5.83 Å². The molecule has 89 heavy (non-hydrogen) atoms. The molecule has 4 amide bonds. The summed E-state index contributed by atoms with van der Waals surface area (Å²) in [4.78, 5) is 73.8. The third-order valence-electron chi connectivity index (χ3n) is 9.60. The molecule has 0 aliphatic carbocycles. The van der Waals surface area contributed by atoms with Gasteiger partial charge in [0.05, 0.1) is 19.8 Å². The molecule has 4 rings (SSSR count). The van der Waals surface area contributed by atoms with Crippen molar-refractivity contribution in [1.29, 1.82) is 0 Å².